The highest BCUT2D eigenvalue weighted by Crippen LogP contribution is 2.08. The maximum atomic E-state index is 5.75. The molecule has 0 heterocycles. The summed E-state index contributed by atoms with van der Waals surface area (Å²) in [4.78, 5) is 0. The monoisotopic (exact) mass is 187 g/mol. The van der Waals surface area contributed by atoms with Gasteiger partial charge in [-0.05, 0) is 33.2 Å². The van der Waals surface area contributed by atoms with E-state index in [0.29, 0.717) is 0 Å². The Labute approximate surface area is 83.1 Å². The summed E-state index contributed by atoms with van der Waals surface area (Å²) >= 11 is 0. The molecule has 0 unspecified atom stereocenters. The van der Waals surface area contributed by atoms with Crippen LogP contribution in [0.4, 0.5) is 0 Å². The summed E-state index contributed by atoms with van der Waals surface area (Å²) in [7, 11) is 0. The van der Waals surface area contributed by atoms with Crippen molar-refractivity contribution < 1.29 is 4.74 Å². The van der Waals surface area contributed by atoms with Crippen LogP contribution in [0.5, 0.6) is 0 Å². The van der Waals surface area contributed by atoms with E-state index in [4.69, 9.17) is 4.74 Å². The van der Waals surface area contributed by atoms with Crippen LogP contribution < -0.4 is 5.32 Å². The van der Waals surface area contributed by atoms with Gasteiger partial charge < -0.3 is 10.1 Å². The zero-order valence-electron chi connectivity index (χ0n) is 9.65. The molecule has 80 valence electrons. The van der Waals surface area contributed by atoms with E-state index in [-0.39, 0.29) is 5.60 Å². The van der Waals surface area contributed by atoms with Crippen molar-refractivity contribution in [1.29, 1.82) is 0 Å². The second-order valence-corrected chi connectivity index (χ2v) is 4.14. The third-order valence-electron chi connectivity index (χ3n) is 1.97. The van der Waals surface area contributed by atoms with Gasteiger partial charge in [0.15, 0.2) is 0 Å². The number of hydrogen-bond donors (Lipinski definition) is 1. The summed E-state index contributed by atoms with van der Waals surface area (Å²) < 4.78 is 5.75. The molecule has 0 bridgehead atoms. The molecule has 13 heavy (non-hydrogen) atoms. The Morgan fingerprint density at radius 1 is 1.15 bits per heavy atom. The maximum absolute atomic E-state index is 5.75. The molecule has 0 saturated carbocycles. The molecule has 0 aromatic carbocycles. The Morgan fingerprint density at radius 2 is 1.85 bits per heavy atom. The van der Waals surface area contributed by atoms with Gasteiger partial charge in [-0.2, -0.15) is 0 Å². The quantitative estimate of drug-likeness (QED) is 0.590. The van der Waals surface area contributed by atoms with E-state index < -0.39 is 0 Å². The second kappa shape index (κ2) is 7.34. The average molecular weight is 187 g/mol. The van der Waals surface area contributed by atoms with Gasteiger partial charge in [-0.15, -0.1) is 0 Å². The van der Waals surface area contributed by atoms with Gasteiger partial charge in [0.1, 0.15) is 0 Å². The first kappa shape index (κ1) is 12.9. The Balaban J connectivity index is 3.42. The molecule has 0 atom stereocenters. The van der Waals surface area contributed by atoms with Crippen LogP contribution in [0.25, 0.3) is 0 Å². The van der Waals surface area contributed by atoms with Gasteiger partial charge in [0.05, 0.1) is 5.60 Å². The molecule has 0 aliphatic heterocycles. The van der Waals surface area contributed by atoms with Crippen molar-refractivity contribution in [2.45, 2.75) is 52.6 Å². The van der Waals surface area contributed by atoms with Crippen LogP contribution in [-0.2, 0) is 4.74 Å². The van der Waals surface area contributed by atoms with Crippen molar-refractivity contribution in [3.63, 3.8) is 0 Å². The SMILES string of the molecule is CCCCOC(C)(C)CNCCC. The molecule has 0 aliphatic carbocycles. The van der Waals surface area contributed by atoms with Gasteiger partial charge >= 0.3 is 0 Å². The Bertz CT molecular complexity index is 101. The van der Waals surface area contributed by atoms with E-state index in [1.54, 1.807) is 0 Å². The molecular weight excluding hydrogens is 162 g/mol. The Morgan fingerprint density at radius 3 is 2.38 bits per heavy atom. The van der Waals surface area contributed by atoms with Crippen LogP contribution in [-0.4, -0.2) is 25.3 Å². The van der Waals surface area contributed by atoms with Gasteiger partial charge in [-0.1, -0.05) is 20.3 Å². The molecule has 0 aromatic rings. The molecule has 2 nitrogen and oxygen atoms in total. The van der Waals surface area contributed by atoms with Crippen molar-refractivity contribution in [2.24, 2.45) is 0 Å². The molecule has 0 saturated heterocycles. The van der Waals surface area contributed by atoms with E-state index >= 15 is 0 Å². The smallest absolute Gasteiger partial charge is 0.0750 e. The lowest BCUT2D eigenvalue weighted by molar-refractivity contribution is -0.0173. The van der Waals surface area contributed by atoms with Crippen molar-refractivity contribution >= 4 is 0 Å². The highest BCUT2D eigenvalue weighted by molar-refractivity contribution is 4.71. The molecular formula is C11H25NO. The molecule has 0 aromatic heterocycles. The molecule has 0 aliphatic rings. The summed E-state index contributed by atoms with van der Waals surface area (Å²) in [5, 5.41) is 3.38. The van der Waals surface area contributed by atoms with Crippen molar-refractivity contribution in [1.82, 2.24) is 5.32 Å². The lowest BCUT2D eigenvalue weighted by Crippen LogP contribution is -2.38. The van der Waals surface area contributed by atoms with Crippen molar-refractivity contribution in [2.75, 3.05) is 19.7 Å². The van der Waals surface area contributed by atoms with E-state index in [2.05, 4.69) is 33.0 Å². The maximum Gasteiger partial charge on any atom is 0.0750 e. The van der Waals surface area contributed by atoms with E-state index in [0.717, 1.165) is 26.1 Å². The summed E-state index contributed by atoms with van der Waals surface area (Å²) in [6.45, 7) is 11.6. The van der Waals surface area contributed by atoms with Crippen LogP contribution in [0.3, 0.4) is 0 Å². The molecule has 0 fully saturated rings. The first-order chi connectivity index (χ1) is 6.12. The Hall–Kier alpha value is -0.0800. The van der Waals surface area contributed by atoms with Crippen molar-refractivity contribution in [3.05, 3.63) is 0 Å². The fourth-order valence-corrected chi connectivity index (χ4v) is 1.11. The van der Waals surface area contributed by atoms with E-state index in [1.165, 1.54) is 12.8 Å². The lowest BCUT2D eigenvalue weighted by Gasteiger charge is -2.25. The zero-order chi connectivity index (χ0) is 10.2. The lowest BCUT2D eigenvalue weighted by atomic mass is 10.1. The number of nitrogens with one attached hydrogen (secondary N) is 1. The number of hydrogen-bond acceptors (Lipinski definition) is 2. The second-order valence-electron chi connectivity index (χ2n) is 4.14. The fourth-order valence-electron chi connectivity index (χ4n) is 1.11. The Kier molecular flexibility index (Phi) is 7.29. The number of unbranched alkanes of at least 4 members (excludes halogenated alkanes) is 1. The molecule has 2 heteroatoms. The summed E-state index contributed by atoms with van der Waals surface area (Å²) in [6, 6.07) is 0. The normalized spacial score (nSPS) is 12.0. The summed E-state index contributed by atoms with van der Waals surface area (Å²) in [6.07, 6.45) is 3.56. The topological polar surface area (TPSA) is 21.3 Å². The van der Waals surface area contributed by atoms with Crippen LogP contribution in [0.15, 0.2) is 0 Å². The van der Waals surface area contributed by atoms with Crippen LogP contribution in [0, 0.1) is 0 Å². The van der Waals surface area contributed by atoms with E-state index in [9.17, 15) is 0 Å². The fraction of sp³-hybridized carbons (Fsp3) is 1.00. The average Bonchev–Trinajstić information content (AvgIpc) is 2.05. The van der Waals surface area contributed by atoms with Gasteiger partial charge in [-0.25, -0.2) is 0 Å². The van der Waals surface area contributed by atoms with Gasteiger partial charge in [0, 0.05) is 13.2 Å². The molecule has 0 spiro atoms. The molecule has 0 radical (unpaired) electrons. The summed E-state index contributed by atoms with van der Waals surface area (Å²) in [5.74, 6) is 0. The minimum absolute atomic E-state index is 0.00958. The minimum atomic E-state index is -0.00958. The highest BCUT2D eigenvalue weighted by atomic mass is 16.5. The molecule has 0 amide bonds. The standard InChI is InChI=1S/C11H25NO/c1-5-7-9-13-11(3,4)10-12-8-6-2/h12H,5-10H2,1-4H3. The third kappa shape index (κ3) is 8.26. The van der Waals surface area contributed by atoms with E-state index in [1.807, 2.05) is 0 Å². The molecule has 0 rings (SSSR count). The van der Waals surface area contributed by atoms with Gasteiger partial charge in [-0.3, -0.25) is 0 Å². The number of ether oxygens (including phenoxy) is 1. The first-order valence-corrected chi connectivity index (χ1v) is 5.47. The number of rotatable bonds is 8. The third-order valence-corrected chi connectivity index (χ3v) is 1.97. The first-order valence-electron chi connectivity index (χ1n) is 5.47. The van der Waals surface area contributed by atoms with Crippen molar-refractivity contribution in [3.8, 4) is 0 Å². The van der Waals surface area contributed by atoms with Crippen LogP contribution >= 0.6 is 0 Å². The predicted octanol–water partition coefficient (Wildman–Crippen LogP) is 2.58. The summed E-state index contributed by atoms with van der Waals surface area (Å²) in [5.41, 5.74) is -0.00958. The highest BCUT2D eigenvalue weighted by Gasteiger charge is 2.16. The van der Waals surface area contributed by atoms with Crippen LogP contribution in [0.2, 0.25) is 0 Å². The van der Waals surface area contributed by atoms with Gasteiger partial charge in [0.25, 0.3) is 0 Å². The van der Waals surface area contributed by atoms with Crippen LogP contribution in [0.1, 0.15) is 47.0 Å². The van der Waals surface area contributed by atoms with Gasteiger partial charge in [0.2, 0.25) is 0 Å². The molecule has 1 N–H and O–H groups in total. The minimum Gasteiger partial charge on any atom is -0.374 e. The predicted molar refractivity (Wildman–Crippen MR) is 58.1 cm³/mol. The zero-order valence-corrected chi connectivity index (χ0v) is 9.65. The largest absolute Gasteiger partial charge is 0.374 e.